The Morgan fingerprint density at radius 1 is 1.18 bits per heavy atom. The molecule has 3 rings (SSSR count). The summed E-state index contributed by atoms with van der Waals surface area (Å²) in [5.74, 6) is 0. The van der Waals surface area contributed by atoms with Gasteiger partial charge in [-0.2, -0.15) is 0 Å². The van der Waals surface area contributed by atoms with Crippen molar-refractivity contribution in [2.45, 2.75) is 51.2 Å². The molecule has 1 aromatic heterocycles. The van der Waals surface area contributed by atoms with E-state index >= 15 is 0 Å². The van der Waals surface area contributed by atoms with Crippen LogP contribution >= 0.6 is 24.0 Å². The minimum absolute atomic E-state index is 0.354. The molecule has 1 atom stereocenters. The van der Waals surface area contributed by atoms with E-state index in [9.17, 15) is 0 Å². The number of anilines is 1. The van der Waals surface area contributed by atoms with Gasteiger partial charge in [-0.25, -0.2) is 0 Å². The molecule has 0 aliphatic rings. The van der Waals surface area contributed by atoms with E-state index in [2.05, 4.69) is 96.5 Å². The summed E-state index contributed by atoms with van der Waals surface area (Å²) in [6.45, 7) is 8.41. The van der Waals surface area contributed by atoms with Crippen molar-refractivity contribution in [3.63, 3.8) is 0 Å². The highest BCUT2D eigenvalue weighted by Gasteiger charge is 2.19. The molecule has 0 aliphatic heterocycles. The van der Waals surface area contributed by atoms with Crippen LogP contribution in [-0.2, 0) is 13.1 Å². The molecule has 3 nitrogen and oxygen atoms in total. The molecule has 0 fully saturated rings. The second-order valence-electron chi connectivity index (χ2n) is 7.00. The molecule has 0 amide bonds. The first-order chi connectivity index (χ1) is 13.6. The third kappa shape index (κ3) is 4.53. The van der Waals surface area contributed by atoms with Gasteiger partial charge < -0.3 is 14.8 Å². The number of thioether (sulfide) groups is 1. The molecule has 1 N–H and O–H groups in total. The molecule has 0 aliphatic carbocycles. The lowest BCUT2D eigenvalue weighted by Crippen LogP contribution is -2.40. The first-order valence-corrected chi connectivity index (χ1v) is 11.5. The predicted octanol–water partition coefficient (Wildman–Crippen LogP) is 6.38. The van der Waals surface area contributed by atoms with Crippen LogP contribution in [-0.4, -0.2) is 26.9 Å². The molecule has 148 valence electrons. The first kappa shape index (κ1) is 20.7. The number of benzene rings is 2. The maximum Gasteiger partial charge on any atom is 0.173 e. The highest BCUT2D eigenvalue weighted by atomic mass is 32.2. The van der Waals surface area contributed by atoms with Gasteiger partial charge in [0.2, 0.25) is 0 Å². The minimum Gasteiger partial charge on any atom is -0.347 e. The van der Waals surface area contributed by atoms with Crippen LogP contribution in [0.1, 0.15) is 32.8 Å². The normalized spacial score (nSPS) is 12.1. The standard InChI is InChI=1S/C23H29N3S2/c1-5-17(3)26(23(27)24-19-10-9-11-20(14-19)28-4)16-18-15-25(6-2)22-13-8-7-12-21(18)22/h7-15,17H,5-6,16H2,1-4H3,(H,24,27)/t17-/m1/s1. The Hall–Kier alpha value is -1.98. The molecule has 1 heterocycles. The van der Waals surface area contributed by atoms with Crippen molar-refractivity contribution in [2.75, 3.05) is 11.6 Å². The molecule has 2 aromatic carbocycles. The number of nitrogens with one attached hydrogen (secondary N) is 1. The van der Waals surface area contributed by atoms with Crippen molar-refractivity contribution in [1.29, 1.82) is 0 Å². The summed E-state index contributed by atoms with van der Waals surface area (Å²) in [4.78, 5) is 3.54. The van der Waals surface area contributed by atoms with Crippen LogP contribution in [0.3, 0.4) is 0 Å². The number of thiocarbonyl (C=S) groups is 1. The molecule has 28 heavy (non-hydrogen) atoms. The van der Waals surface area contributed by atoms with Crippen molar-refractivity contribution in [1.82, 2.24) is 9.47 Å². The van der Waals surface area contributed by atoms with Crippen molar-refractivity contribution < 1.29 is 0 Å². The average molecular weight is 412 g/mol. The predicted molar refractivity (Wildman–Crippen MR) is 127 cm³/mol. The van der Waals surface area contributed by atoms with Crippen molar-refractivity contribution in [2.24, 2.45) is 0 Å². The van der Waals surface area contributed by atoms with E-state index in [0.29, 0.717) is 6.04 Å². The number of nitrogens with zero attached hydrogens (tertiary/aromatic N) is 2. The molecule has 0 saturated heterocycles. The summed E-state index contributed by atoms with van der Waals surface area (Å²) in [6.07, 6.45) is 5.41. The van der Waals surface area contributed by atoms with E-state index in [1.165, 1.54) is 21.4 Å². The van der Waals surface area contributed by atoms with Gasteiger partial charge in [0, 0.05) is 46.8 Å². The van der Waals surface area contributed by atoms with Gasteiger partial charge in [-0.1, -0.05) is 31.2 Å². The quantitative estimate of drug-likeness (QED) is 0.359. The van der Waals surface area contributed by atoms with Gasteiger partial charge in [-0.05, 0) is 68.6 Å². The molecule has 0 bridgehead atoms. The molecular weight excluding hydrogens is 382 g/mol. The van der Waals surface area contributed by atoms with Crippen LogP contribution in [0.25, 0.3) is 10.9 Å². The van der Waals surface area contributed by atoms with Gasteiger partial charge in [-0.15, -0.1) is 11.8 Å². The fourth-order valence-corrected chi connectivity index (χ4v) is 4.26. The van der Waals surface area contributed by atoms with Gasteiger partial charge in [0.15, 0.2) is 5.11 Å². The number of aryl methyl sites for hydroxylation is 1. The minimum atomic E-state index is 0.354. The first-order valence-electron chi connectivity index (χ1n) is 9.85. The summed E-state index contributed by atoms with van der Waals surface area (Å²) >= 11 is 7.58. The Bertz CT molecular complexity index is 948. The smallest absolute Gasteiger partial charge is 0.173 e. The lowest BCUT2D eigenvalue weighted by atomic mass is 10.1. The number of para-hydroxylation sites is 1. The highest BCUT2D eigenvalue weighted by molar-refractivity contribution is 7.98. The summed E-state index contributed by atoms with van der Waals surface area (Å²) in [7, 11) is 0. The average Bonchev–Trinajstić information content (AvgIpc) is 3.09. The summed E-state index contributed by atoms with van der Waals surface area (Å²) in [5.41, 5.74) is 3.65. The largest absolute Gasteiger partial charge is 0.347 e. The van der Waals surface area contributed by atoms with Crippen LogP contribution in [0, 0.1) is 0 Å². The molecule has 0 unspecified atom stereocenters. The fourth-order valence-electron chi connectivity index (χ4n) is 3.44. The third-order valence-corrected chi connectivity index (χ3v) is 6.32. The zero-order valence-electron chi connectivity index (χ0n) is 17.1. The number of fused-ring (bicyclic) bond motifs is 1. The van der Waals surface area contributed by atoms with Crippen LogP contribution in [0.5, 0.6) is 0 Å². The summed E-state index contributed by atoms with van der Waals surface area (Å²) in [6, 6.07) is 17.4. The van der Waals surface area contributed by atoms with Crippen LogP contribution in [0.4, 0.5) is 5.69 Å². The van der Waals surface area contributed by atoms with Crippen LogP contribution in [0.15, 0.2) is 59.6 Å². The zero-order valence-corrected chi connectivity index (χ0v) is 18.7. The third-order valence-electron chi connectivity index (χ3n) is 5.26. The van der Waals surface area contributed by atoms with Gasteiger partial charge in [0.1, 0.15) is 0 Å². The second kappa shape index (κ2) is 9.48. The Balaban J connectivity index is 1.87. The van der Waals surface area contributed by atoms with E-state index in [1.807, 2.05) is 0 Å². The number of hydrogen-bond acceptors (Lipinski definition) is 2. The van der Waals surface area contributed by atoms with Crippen molar-refractivity contribution >= 4 is 45.7 Å². The fraction of sp³-hybridized carbons (Fsp3) is 0.348. The molecule has 0 spiro atoms. The van der Waals surface area contributed by atoms with E-state index in [0.717, 1.165) is 30.3 Å². The molecule has 0 saturated carbocycles. The highest BCUT2D eigenvalue weighted by Crippen LogP contribution is 2.25. The van der Waals surface area contributed by atoms with E-state index in [4.69, 9.17) is 12.2 Å². The second-order valence-corrected chi connectivity index (χ2v) is 8.27. The number of aromatic nitrogens is 1. The number of rotatable bonds is 7. The molecule has 5 heteroatoms. The maximum absolute atomic E-state index is 5.84. The molecule has 3 aromatic rings. The summed E-state index contributed by atoms with van der Waals surface area (Å²) in [5, 5.41) is 5.55. The lowest BCUT2D eigenvalue weighted by Gasteiger charge is -2.31. The van der Waals surface area contributed by atoms with Crippen molar-refractivity contribution in [3.8, 4) is 0 Å². The van der Waals surface area contributed by atoms with E-state index in [1.54, 1.807) is 11.8 Å². The van der Waals surface area contributed by atoms with E-state index < -0.39 is 0 Å². The lowest BCUT2D eigenvalue weighted by molar-refractivity contribution is 0.320. The van der Waals surface area contributed by atoms with Crippen LogP contribution < -0.4 is 5.32 Å². The molecule has 0 radical (unpaired) electrons. The van der Waals surface area contributed by atoms with Gasteiger partial charge in [0.25, 0.3) is 0 Å². The Morgan fingerprint density at radius 3 is 2.68 bits per heavy atom. The summed E-state index contributed by atoms with van der Waals surface area (Å²) < 4.78 is 2.32. The van der Waals surface area contributed by atoms with Gasteiger partial charge in [-0.3, -0.25) is 0 Å². The Morgan fingerprint density at radius 2 is 1.96 bits per heavy atom. The van der Waals surface area contributed by atoms with Gasteiger partial charge in [0.05, 0.1) is 0 Å². The van der Waals surface area contributed by atoms with Gasteiger partial charge >= 0.3 is 0 Å². The number of hydrogen-bond donors (Lipinski definition) is 1. The zero-order chi connectivity index (χ0) is 20.1. The topological polar surface area (TPSA) is 20.2 Å². The maximum atomic E-state index is 5.84. The SMILES string of the molecule is CC[C@@H](C)N(Cc1cn(CC)c2ccccc12)C(=S)Nc1cccc(SC)c1. The Labute approximate surface area is 178 Å². The van der Waals surface area contributed by atoms with Crippen LogP contribution in [0.2, 0.25) is 0 Å². The monoisotopic (exact) mass is 411 g/mol. The van der Waals surface area contributed by atoms with Crippen molar-refractivity contribution in [3.05, 3.63) is 60.3 Å². The molecular formula is C23H29N3S2. The Kier molecular flexibility index (Phi) is 7.03. The van der Waals surface area contributed by atoms with E-state index in [-0.39, 0.29) is 0 Å².